The normalized spacial score (nSPS) is 13.3. The summed E-state index contributed by atoms with van der Waals surface area (Å²) in [6, 6.07) is 1.62. The predicted octanol–water partition coefficient (Wildman–Crippen LogP) is 4.66. The van der Waals surface area contributed by atoms with Crippen LogP contribution in [0.2, 0.25) is 0 Å². The number of allylic oxidation sites excluding steroid dienone is 2. The summed E-state index contributed by atoms with van der Waals surface area (Å²) >= 11 is 0. The van der Waals surface area contributed by atoms with Gasteiger partial charge in [-0.2, -0.15) is 0 Å². The number of carbonyl (C=O) groups is 3. The van der Waals surface area contributed by atoms with Crippen molar-refractivity contribution in [3.05, 3.63) is 34.9 Å². The highest BCUT2D eigenvalue weighted by Crippen LogP contribution is 2.38. The molecule has 0 spiro atoms. The first-order valence-corrected chi connectivity index (χ1v) is 10.3. The van der Waals surface area contributed by atoms with E-state index in [9.17, 15) is 14.4 Å². The van der Waals surface area contributed by atoms with E-state index in [1.165, 1.54) is 26.4 Å². The van der Waals surface area contributed by atoms with E-state index in [1.54, 1.807) is 13.0 Å². The molecule has 0 atom stereocenters. The fraction of sp³-hybridized carbons (Fsp3) is 0.478. The molecule has 0 N–H and O–H groups in total. The van der Waals surface area contributed by atoms with Gasteiger partial charge in [0.25, 0.3) is 0 Å². The van der Waals surface area contributed by atoms with Gasteiger partial charge in [-0.25, -0.2) is 4.79 Å². The Morgan fingerprint density at radius 3 is 2.20 bits per heavy atom. The molecule has 0 radical (unpaired) electrons. The number of hydrogen-bond acceptors (Lipinski definition) is 7. The van der Waals surface area contributed by atoms with Crippen molar-refractivity contribution in [1.29, 1.82) is 0 Å². The first-order valence-electron chi connectivity index (χ1n) is 10.3. The van der Waals surface area contributed by atoms with Gasteiger partial charge in [-0.05, 0) is 31.1 Å². The monoisotopic (exact) mass is 415 g/mol. The average molecular weight is 415 g/mol. The van der Waals surface area contributed by atoms with Gasteiger partial charge in [0.15, 0.2) is 11.6 Å². The number of oxime groups is 1. The van der Waals surface area contributed by atoms with Crippen LogP contribution in [0.5, 0.6) is 11.5 Å². The lowest BCUT2D eigenvalue weighted by atomic mass is 9.88. The van der Waals surface area contributed by atoms with Gasteiger partial charge >= 0.3 is 5.97 Å². The van der Waals surface area contributed by atoms with Crippen molar-refractivity contribution < 1.29 is 28.7 Å². The van der Waals surface area contributed by atoms with Crippen LogP contribution in [0.15, 0.2) is 23.4 Å². The number of benzene rings is 1. The molecule has 30 heavy (non-hydrogen) atoms. The van der Waals surface area contributed by atoms with E-state index in [2.05, 4.69) is 12.1 Å². The molecule has 0 saturated carbocycles. The van der Waals surface area contributed by atoms with Crippen molar-refractivity contribution >= 4 is 23.2 Å². The van der Waals surface area contributed by atoms with Gasteiger partial charge in [0, 0.05) is 12.0 Å². The van der Waals surface area contributed by atoms with Crippen molar-refractivity contribution in [2.75, 3.05) is 14.2 Å². The second kappa shape index (κ2) is 11.3. The van der Waals surface area contributed by atoms with Crippen LogP contribution < -0.4 is 9.47 Å². The maximum atomic E-state index is 12.6. The summed E-state index contributed by atoms with van der Waals surface area (Å²) in [5.74, 6) is -0.662. The third-order valence-corrected chi connectivity index (χ3v) is 4.92. The lowest BCUT2D eigenvalue weighted by molar-refractivity contribution is -0.143. The van der Waals surface area contributed by atoms with Crippen LogP contribution in [0, 0.1) is 0 Å². The number of ketones is 2. The highest BCUT2D eigenvalue weighted by molar-refractivity contribution is 6.25. The summed E-state index contributed by atoms with van der Waals surface area (Å²) in [5.41, 5.74) is 1.25. The van der Waals surface area contributed by atoms with E-state index < -0.39 is 5.97 Å². The van der Waals surface area contributed by atoms with Gasteiger partial charge < -0.3 is 14.3 Å². The number of nitrogens with zero attached hydrogens (tertiary/aromatic N) is 1. The van der Waals surface area contributed by atoms with E-state index in [4.69, 9.17) is 14.3 Å². The van der Waals surface area contributed by atoms with Crippen LogP contribution in [0.25, 0.3) is 0 Å². The van der Waals surface area contributed by atoms with Gasteiger partial charge in [0.05, 0.1) is 31.1 Å². The maximum Gasteiger partial charge on any atom is 0.334 e. The van der Waals surface area contributed by atoms with E-state index in [0.717, 1.165) is 32.1 Å². The number of carbonyl (C=O) groups excluding carboxylic acids is 3. The molecule has 1 aliphatic rings. The van der Waals surface area contributed by atoms with Crippen LogP contribution >= 0.6 is 0 Å². The Hall–Kier alpha value is -2.96. The molecule has 2 rings (SSSR count). The minimum atomic E-state index is -0.462. The first kappa shape index (κ1) is 23.3. The quantitative estimate of drug-likeness (QED) is 0.226. The van der Waals surface area contributed by atoms with Crippen LogP contribution in [0.4, 0.5) is 0 Å². The zero-order valence-corrected chi connectivity index (χ0v) is 18.1. The second-order valence-corrected chi connectivity index (χ2v) is 6.99. The molecule has 0 fully saturated rings. The molecule has 0 bridgehead atoms. The summed E-state index contributed by atoms with van der Waals surface area (Å²) in [6.07, 6.45) is 8.36. The highest BCUT2D eigenvalue weighted by atomic mass is 16.7. The van der Waals surface area contributed by atoms with Crippen LogP contribution in [-0.2, 0) is 9.63 Å². The fourth-order valence-corrected chi connectivity index (χ4v) is 3.32. The standard InChI is InChI=1S/C23H29NO6/c1-5-7-8-9-10-11-16(24-30-20(27)6-2)15-14-19(28-3)21-17(25)12-13-18(26)22(21)23(15)29-4/h12-14H,5-11H2,1-4H3. The summed E-state index contributed by atoms with van der Waals surface area (Å²) in [7, 11) is 2.86. The Kier molecular flexibility index (Phi) is 8.77. The number of rotatable bonds is 11. The van der Waals surface area contributed by atoms with Crippen molar-refractivity contribution in [2.24, 2.45) is 5.16 Å². The van der Waals surface area contributed by atoms with Crippen molar-refractivity contribution in [1.82, 2.24) is 0 Å². The molecule has 0 aromatic heterocycles. The molecular formula is C23H29NO6. The van der Waals surface area contributed by atoms with Gasteiger partial charge in [0.1, 0.15) is 11.5 Å². The number of unbranched alkanes of at least 4 members (excludes halogenated alkanes) is 4. The predicted molar refractivity (Wildman–Crippen MR) is 114 cm³/mol. The molecule has 1 aliphatic carbocycles. The average Bonchev–Trinajstić information content (AvgIpc) is 2.76. The largest absolute Gasteiger partial charge is 0.496 e. The molecule has 7 nitrogen and oxygen atoms in total. The molecule has 0 aliphatic heterocycles. The summed E-state index contributed by atoms with van der Waals surface area (Å²) < 4.78 is 10.9. The smallest absolute Gasteiger partial charge is 0.334 e. The molecule has 1 aromatic rings. The number of methoxy groups -OCH3 is 2. The van der Waals surface area contributed by atoms with E-state index in [-0.39, 0.29) is 40.6 Å². The Balaban J connectivity index is 2.53. The SMILES string of the molecule is CCCCCCCC(=NOC(=O)CC)c1cc(OC)c2c(c1OC)C(=O)C=CC2=O. The molecule has 0 unspecified atom stereocenters. The minimum Gasteiger partial charge on any atom is -0.496 e. The van der Waals surface area contributed by atoms with Crippen molar-refractivity contribution in [2.45, 2.75) is 58.8 Å². The molecule has 0 saturated heterocycles. The van der Waals surface area contributed by atoms with Gasteiger partial charge in [0.2, 0.25) is 0 Å². The number of hydrogen-bond donors (Lipinski definition) is 0. The van der Waals surface area contributed by atoms with E-state index in [1.807, 2.05) is 0 Å². The Morgan fingerprint density at radius 2 is 1.60 bits per heavy atom. The maximum absolute atomic E-state index is 12.6. The molecular weight excluding hydrogens is 386 g/mol. The second-order valence-electron chi connectivity index (χ2n) is 6.99. The van der Waals surface area contributed by atoms with Crippen molar-refractivity contribution in [3.8, 4) is 11.5 Å². The topological polar surface area (TPSA) is 91.3 Å². The number of fused-ring (bicyclic) bond motifs is 1. The number of ether oxygens (including phenoxy) is 2. The molecule has 0 amide bonds. The Bertz CT molecular complexity index is 869. The third-order valence-electron chi connectivity index (χ3n) is 4.92. The zero-order valence-electron chi connectivity index (χ0n) is 18.1. The fourth-order valence-electron chi connectivity index (χ4n) is 3.32. The van der Waals surface area contributed by atoms with E-state index >= 15 is 0 Å². The van der Waals surface area contributed by atoms with Gasteiger partial charge in [-0.15, -0.1) is 0 Å². The van der Waals surface area contributed by atoms with Crippen LogP contribution in [0.1, 0.15) is 85.1 Å². The summed E-state index contributed by atoms with van der Waals surface area (Å²) in [5, 5.41) is 4.08. The summed E-state index contributed by atoms with van der Waals surface area (Å²) in [6.45, 7) is 3.83. The molecule has 1 aromatic carbocycles. The highest BCUT2D eigenvalue weighted by Gasteiger charge is 2.31. The summed E-state index contributed by atoms with van der Waals surface area (Å²) in [4.78, 5) is 41.7. The molecule has 0 heterocycles. The lowest BCUT2D eigenvalue weighted by Gasteiger charge is -2.20. The minimum absolute atomic E-state index is 0.139. The molecule has 162 valence electrons. The zero-order chi connectivity index (χ0) is 22.1. The Morgan fingerprint density at radius 1 is 0.933 bits per heavy atom. The van der Waals surface area contributed by atoms with Crippen LogP contribution in [0.3, 0.4) is 0 Å². The Labute approximate surface area is 177 Å². The first-order chi connectivity index (χ1) is 14.5. The van der Waals surface area contributed by atoms with Crippen LogP contribution in [-0.4, -0.2) is 37.5 Å². The van der Waals surface area contributed by atoms with Crippen molar-refractivity contribution in [3.63, 3.8) is 0 Å². The van der Waals surface area contributed by atoms with Gasteiger partial charge in [-0.3, -0.25) is 9.59 Å². The lowest BCUT2D eigenvalue weighted by Crippen LogP contribution is -2.18. The van der Waals surface area contributed by atoms with E-state index in [0.29, 0.717) is 17.7 Å². The third kappa shape index (κ3) is 5.34. The molecule has 7 heteroatoms. The van der Waals surface area contributed by atoms with Gasteiger partial charge in [-0.1, -0.05) is 44.7 Å².